The minimum absolute atomic E-state index is 0.111. The first-order chi connectivity index (χ1) is 9.67. The van der Waals surface area contributed by atoms with Crippen LogP contribution in [-0.4, -0.2) is 12.5 Å². The highest BCUT2D eigenvalue weighted by Gasteiger charge is 2.04. The van der Waals surface area contributed by atoms with E-state index in [2.05, 4.69) is 5.32 Å². The highest BCUT2D eigenvalue weighted by Crippen LogP contribution is 2.17. The van der Waals surface area contributed by atoms with Gasteiger partial charge in [-0.1, -0.05) is 17.7 Å². The molecule has 2 aromatic carbocycles. The van der Waals surface area contributed by atoms with E-state index in [1.807, 2.05) is 6.07 Å². The molecule has 0 saturated heterocycles. The summed E-state index contributed by atoms with van der Waals surface area (Å²) in [6.45, 7) is -0.111. The number of rotatable bonds is 4. The van der Waals surface area contributed by atoms with E-state index in [-0.39, 0.29) is 12.5 Å². The topological polar surface area (TPSA) is 62.1 Å². The van der Waals surface area contributed by atoms with E-state index >= 15 is 0 Å². The second-order valence-corrected chi connectivity index (χ2v) is 4.42. The molecule has 0 aliphatic rings. The third-order valence-electron chi connectivity index (χ3n) is 2.46. The van der Waals surface area contributed by atoms with Crippen LogP contribution in [-0.2, 0) is 4.79 Å². The zero-order valence-electron chi connectivity index (χ0n) is 10.5. The van der Waals surface area contributed by atoms with E-state index in [1.165, 1.54) is 0 Å². The van der Waals surface area contributed by atoms with Crippen LogP contribution in [0.1, 0.15) is 5.56 Å². The van der Waals surface area contributed by atoms with Crippen molar-refractivity contribution in [1.82, 2.24) is 0 Å². The first kappa shape index (κ1) is 13.9. The molecule has 0 spiro atoms. The molecular formula is C15H11ClN2O2. The van der Waals surface area contributed by atoms with Gasteiger partial charge in [0.05, 0.1) is 11.6 Å². The van der Waals surface area contributed by atoms with Crippen molar-refractivity contribution < 1.29 is 9.53 Å². The van der Waals surface area contributed by atoms with Crippen LogP contribution in [0.5, 0.6) is 5.75 Å². The van der Waals surface area contributed by atoms with Crippen molar-refractivity contribution in [2.45, 2.75) is 0 Å². The highest BCUT2D eigenvalue weighted by atomic mass is 35.5. The molecule has 0 aliphatic carbocycles. The minimum atomic E-state index is -0.283. The minimum Gasteiger partial charge on any atom is -0.484 e. The van der Waals surface area contributed by atoms with Gasteiger partial charge in [-0.3, -0.25) is 4.79 Å². The first-order valence-electron chi connectivity index (χ1n) is 5.86. The third kappa shape index (κ3) is 4.01. The van der Waals surface area contributed by atoms with Crippen LogP contribution in [0.15, 0.2) is 48.5 Å². The number of carbonyl (C=O) groups is 1. The molecule has 0 fully saturated rings. The molecule has 2 aromatic rings. The number of nitrogens with one attached hydrogen (secondary N) is 1. The third-order valence-corrected chi connectivity index (χ3v) is 2.70. The molecule has 100 valence electrons. The van der Waals surface area contributed by atoms with Gasteiger partial charge >= 0.3 is 0 Å². The maximum atomic E-state index is 11.7. The Morgan fingerprint density at radius 2 is 2.00 bits per heavy atom. The summed E-state index contributed by atoms with van der Waals surface area (Å²) >= 11 is 5.81. The first-order valence-corrected chi connectivity index (χ1v) is 6.23. The summed E-state index contributed by atoms with van der Waals surface area (Å²) in [5.41, 5.74) is 1.15. The van der Waals surface area contributed by atoms with Gasteiger partial charge in [-0.25, -0.2) is 0 Å². The van der Waals surface area contributed by atoms with Crippen molar-refractivity contribution in [1.29, 1.82) is 5.26 Å². The van der Waals surface area contributed by atoms with Gasteiger partial charge < -0.3 is 10.1 Å². The number of hydrogen-bond donors (Lipinski definition) is 1. The molecule has 20 heavy (non-hydrogen) atoms. The molecule has 0 atom stereocenters. The Kier molecular flexibility index (Phi) is 4.59. The number of anilines is 1. The summed E-state index contributed by atoms with van der Waals surface area (Å²) in [6, 6.07) is 15.4. The van der Waals surface area contributed by atoms with E-state index in [1.54, 1.807) is 48.5 Å². The summed E-state index contributed by atoms with van der Waals surface area (Å²) in [5, 5.41) is 11.9. The standard InChI is InChI=1S/C15H11ClN2O2/c16-12-2-1-3-14(8-12)20-10-15(19)18-13-6-4-11(9-17)5-7-13/h1-8H,10H2,(H,18,19). The maximum absolute atomic E-state index is 11.7. The summed E-state index contributed by atoms with van der Waals surface area (Å²) in [5.74, 6) is 0.252. The molecule has 0 saturated carbocycles. The van der Waals surface area contributed by atoms with E-state index in [0.717, 1.165) is 0 Å². The van der Waals surface area contributed by atoms with Crippen molar-refractivity contribution in [2.75, 3.05) is 11.9 Å². The van der Waals surface area contributed by atoms with Crippen LogP contribution < -0.4 is 10.1 Å². The summed E-state index contributed by atoms with van der Waals surface area (Å²) < 4.78 is 5.32. The number of nitriles is 1. The number of ether oxygens (including phenoxy) is 1. The van der Waals surface area contributed by atoms with E-state index in [9.17, 15) is 4.79 Å². The lowest BCUT2D eigenvalue weighted by Crippen LogP contribution is -2.20. The summed E-state index contributed by atoms with van der Waals surface area (Å²) in [6.07, 6.45) is 0. The smallest absolute Gasteiger partial charge is 0.262 e. The predicted octanol–water partition coefficient (Wildman–Crippen LogP) is 3.23. The van der Waals surface area contributed by atoms with Crippen LogP contribution in [0.2, 0.25) is 5.02 Å². The largest absolute Gasteiger partial charge is 0.484 e. The van der Waals surface area contributed by atoms with Crippen molar-refractivity contribution in [2.24, 2.45) is 0 Å². The van der Waals surface area contributed by atoms with Crippen LogP contribution in [0.25, 0.3) is 0 Å². The fraction of sp³-hybridized carbons (Fsp3) is 0.0667. The molecule has 0 heterocycles. The lowest BCUT2D eigenvalue weighted by molar-refractivity contribution is -0.118. The number of carbonyl (C=O) groups excluding carboxylic acids is 1. The van der Waals surface area contributed by atoms with Gasteiger partial charge in [-0.2, -0.15) is 5.26 Å². The lowest BCUT2D eigenvalue weighted by Gasteiger charge is -2.07. The van der Waals surface area contributed by atoms with E-state index in [0.29, 0.717) is 22.0 Å². The number of benzene rings is 2. The van der Waals surface area contributed by atoms with Crippen molar-refractivity contribution >= 4 is 23.2 Å². The van der Waals surface area contributed by atoms with Gasteiger partial charge in [0.1, 0.15) is 5.75 Å². The molecule has 1 N–H and O–H groups in total. The molecule has 0 radical (unpaired) electrons. The highest BCUT2D eigenvalue weighted by molar-refractivity contribution is 6.30. The quantitative estimate of drug-likeness (QED) is 0.938. The normalized spacial score (nSPS) is 9.60. The zero-order chi connectivity index (χ0) is 14.4. The van der Waals surface area contributed by atoms with E-state index in [4.69, 9.17) is 21.6 Å². The Bertz CT molecular complexity index is 648. The summed E-state index contributed by atoms with van der Waals surface area (Å²) in [4.78, 5) is 11.7. The van der Waals surface area contributed by atoms with Crippen LogP contribution >= 0.6 is 11.6 Å². The van der Waals surface area contributed by atoms with E-state index < -0.39 is 0 Å². The predicted molar refractivity (Wildman–Crippen MR) is 76.7 cm³/mol. The number of nitrogens with zero attached hydrogens (tertiary/aromatic N) is 1. The van der Waals surface area contributed by atoms with Crippen molar-refractivity contribution in [3.63, 3.8) is 0 Å². The fourth-order valence-corrected chi connectivity index (χ4v) is 1.71. The Morgan fingerprint density at radius 1 is 1.25 bits per heavy atom. The summed E-state index contributed by atoms with van der Waals surface area (Å²) in [7, 11) is 0. The molecule has 0 bridgehead atoms. The Balaban J connectivity index is 1.87. The van der Waals surface area contributed by atoms with Gasteiger partial charge in [-0.05, 0) is 42.5 Å². The average Bonchev–Trinajstić information content (AvgIpc) is 2.46. The van der Waals surface area contributed by atoms with Gasteiger partial charge in [0.2, 0.25) is 0 Å². The van der Waals surface area contributed by atoms with Gasteiger partial charge in [0.15, 0.2) is 6.61 Å². The van der Waals surface area contributed by atoms with Crippen molar-refractivity contribution in [3.05, 3.63) is 59.1 Å². The maximum Gasteiger partial charge on any atom is 0.262 e. The second-order valence-electron chi connectivity index (χ2n) is 3.98. The zero-order valence-corrected chi connectivity index (χ0v) is 11.2. The van der Waals surface area contributed by atoms with Crippen LogP contribution in [0.3, 0.4) is 0 Å². The van der Waals surface area contributed by atoms with Crippen LogP contribution in [0.4, 0.5) is 5.69 Å². The lowest BCUT2D eigenvalue weighted by atomic mass is 10.2. The molecule has 4 nitrogen and oxygen atoms in total. The number of amides is 1. The average molecular weight is 287 g/mol. The number of hydrogen-bond acceptors (Lipinski definition) is 3. The molecule has 1 amide bonds. The monoisotopic (exact) mass is 286 g/mol. The van der Waals surface area contributed by atoms with Gasteiger partial charge in [0, 0.05) is 10.7 Å². The Morgan fingerprint density at radius 3 is 2.65 bits per heavy atom. The molecule has 0 aliphatic heterocycles. The molecule has 0 unspecified atom stereocenters. The van der Waals surface area contributed by atoms with Crippen molar-refractivity contribution in [3.8, 4) is 11.8 Å². The number of halogens is 1. The molecule has 5 heteroatoms. The Labute approximate surface area is 121 Å². The molecular weight excluding hydrogens is 276 g/mol. The van der Waals surface area contributed by atoms with Gasteiger partial charge in [0.25, 0.3) is 5.91 Å². The second kappa shape index (κ2) is 6.60. The molecule has 0 aromatic heterocycles. The SMILES string of the molecule is N#Cc1ccc(NC(=O)COc2cccc(Cl)c2)cc1. The fourth-order valence-electron chi connectivity index (χ4n) is 1.53. The Hall–Kier alpha value is -2.51. The molecule has 2 rings (SSSR count). The van der Waals surface area contributed by atoms with Gasteiger partial charge in [-0.15, -0.1) is 0 Å². The van der Waals surface area contributed by atoms with Crippen LogP contribution in [0, 0.1) is 11.3 Å².